The first-order valence-electron chi connectivity index (χ1n) is 9.11. The third kappa shape index (κ3) is 4.82. The molecule has 0 atom stereocenters. The van der Waals surface area contributed by atoms with Gasteiger partial charge in [-0.1, -0.05) is 17.7 Å². The second-order valence-corrected chi connectivity index (χ2v) is 6.99. The molecule has 0 radical (unpaired) electrons. The Hall–Kier alpha value is -4.03. The lowest BCUT2D eigenvalue weighted by Crippen LogP contribution is -2.35. The number of urea groups is 1. The van der Waals surface area contributed by atoms with Crippen molar-refractivity contribution in [1.82, 2.24) is 10.3 Å². The Bertz CT molecular complexity index is 1240. The van der Waals surface area contributed by atoms with Gasteiger partial charge >= 0.3 is 6.03 Å². The van der Waals surface area contributed by atoms with E-state index in [1.54, 1.807) is 19.9 Å². The predicted octanol–water partition coefficient (Wildman–Crippen LogP) is 5.26. The number of aryl methyl sites for hydroxylation is 1. The molecule has 0 unspecified atom stereocenters. The summed E-state index contributed by atoms with van der Waals surface area (Å²) in [6.07, 6.45) is 1.35. The van der Waals surface area contributed by atoms with Gasteiger partial charge in [-0.05, 0) is 49.2 Å². The van der Waals surface area contributed by atoms with Crippen LogP contribution in [0.5, 0.6) is 11.6 Å². The van der Waals surface area contributed by atoms with Crippen LogP contribution in [-0.4, -0.2) is 16.9 Å². The molecule has 0 saturated heterocycles. The minimum Gasteiger partial charge on any atom is -0.437 e. The van der Waals surface area contributed by atoms with Gasteiger partial charge in [0.15, 0.2) is 5.75 Å². The van der Waals surface area contributed by atoms with E-state index < -0.39 is 29.1 Å². The Morgan fingerprint density at radius 3 is 2.44 bits per heavy atom. The van der Waals surface area contributed by atoms with E-state index in [9.17, 15) is 18.4 Å². The van der Waals surface area contributed by atoms with Crippen molar-refractivity contribution in [3.8, 4) is 17.7 Å². The van der Waals surface area contributed by atoms with Crippen LogP contribution in [0.2, 0.25) is 5.02 Å². The number of nitriles is 1. The van der Waals surface area contributed by atoms with Gasteiger partial charge < -0.3 is 10.1 Å². The molecule has 7 nitrogen and oxygen atoms in total. The smallest absolute Gasteiger partial charge is 0.326 e. The maximum absolute atomic E-state index is 13.7. The minimum atomic E-state index is -1.23. The van der Waals surface area contributed by atoms with Gasteiger partial charge in [0.1, 0.15) is 23.3 Å². The summed E-state index contributed by atoms with van der Waals surface area (Å²) in [6.45, 7) is 3.28. The van der Waals surface area contributed by atoms with E-state index in [-0.39, 0.29) is 22.3 Å². The molecule has 0 aliphatic carbocycles. The maximum Gasteiger partial charge on any atom is 0.326 e. The summed E-state index contributed by atoms with van der Waals surface area (Å²) >= 11 is 6.40. The third-order valence-electron chi connectivity index (χ3n) is 4.39. The zero-order valence-corrected chi connectivity index (χ0v) is 17.6. The molecule has 162 valence electrons. The summed E-state index contributed by atoms with van der Waals surface area (Å²) in [6, 6.07) is 8.46. The average molecular weight is 457 g/mol. The van der Waals surface area contributed by atoms with E-state index in [1.165, 1.54) is 18.3 Å². The second-order valence-electron chi connectivity index (χ2n) is 6.61. The van der Waals surface area contributed by atoms with Crippen molar-refractivity contribution in [3.63, 3.8) is 0 Å². The number of ether oxygens (including phenoxy) is 1. The molecule has 2 N–H and O–H groups in total. The average Bonchev–Trinajstić information content (AvgIpc) is 2.75. The fourth-order valence-electron chi connectivity index (χ4n) is 2.75. The Morgan fingerprint density at radius 1 is 1.16 bits per heavy atom. The highest BCUT2D eigenvalue weighted by atomic mass is 35.5. The van der Waals surface area contributed by atoms with Crippen LogP contribution in [0.25, 0.3) is 0 Å². The molecule has 0 saturated carbocycles. The van der Waals surface area contributed by atoms with E-state index >= 15 is 0 Å². The first-order chi connectivity index (χ1) is 15.2. The molecule has 0 aliphatic rings. The number of imide groups is 1. The number of amides is 3. The highest BCUT2D eigenvalue weighted by molar-refractivity contribution is 6.33. The molecule has 1 aromatic heterocycles. The Kier molecular flexibility index (Phi) is 6.66. The number of benzene rings is 2. The lowest BCUT2D eigenvalue weighted by molar-refractivity contribution is 0.0959. The van der Waals surface area contributed by atoms with Crippen LogP contribution in [0.4, 0.5) is 19.3 Å². The Balaban J connectivity index is 1.78. The number of rotatable bonds is 4. The zero-order chi connectivity index (χ0) is 23.4. The van der Waals surface area contributed by atoms with E-state index in [4.69, 9.17) is 21.6 Å². The van der Waals surface area contributed by atoms with Crippen molar-refractivity contribution in [1.29, 1.82) is 5.26 Å². The maximum atomic E-state index is 13.7. The summed E-state index contributed by atoms with van der Waals surface area (Å²) in [5.41, 5.74) is 0.708. The number of carbonyl (C=O) groups is 2. The Morgan fingerprint density at radius 2 is 1.84 bits per heavy atom. The van der Waals surface area contributed by atoms with E-state index in [0.29, 0.717) is 16.7 Å². The monoisotopic (exact) mass is 456 g/mol. The molecule has 0 fully saturated rings. The number of aromatic nitrogens is 1. The summed E-state index contributed by atoms with van der Waals surface area (Å²) in [5, 5.41) is 13.3. The molecule has 3 aromatic rings. The number of hydrogen-bond donors (Lipinski definition) is 2. The lowest BCUT2D eigenvalue weighted by atomic mass is 10.1. The molecular formula is C22H15ClF2N4O3. The number of carbonyl (C=O) groups excluding carboxylic acids is 2. The first-order valence-corrected chi connectivity index (χ1v) is 9.49. The zero-order valence-electron chi connectivity index (χ0n) is 16.8. The molecule has 10 heteroatoms. The minimum absolute atomic E-state index is 0.179. The van der Waals surface area contributed by atoms with Crippen molar-refractivity contribution >= 4 is 29.2 Å². The SMILES string of the molecule is Cc1cc(NC(=O)NC(=O)c2c(F)cccc2F)c(C)c(Cl)c1Oc1ccc(C#N)cn1. The van der Waals surface area contributed by atoms with E-state index in [1.807, 2.05) is 11.4 Å². The van der Waals surface area contributed by atoms with Crippen molar-refractivity contribution in [2.45, 2.75) is 13.8 Å². The summed E-state index contributed by atoms with van der Waals surface area (Å²) < 4.78 is 33.2. The number of nitrogens with one attached hydrogen (secondary N) is 2. The van der Waals surface area contributed by atoms with Crippen LogP contribution in [0.1, 0.15) is 27.0 Å². The lowest BCUT2D eigenvalue weighted by Gasteiger charge is -2.16. The molecular weight excluding hydrogens is 442 g/mol. The molecule has 32 heavy (non-hydrogen) atoms. The van der Waals surface area contributed by atoms with Crippen molar-refractivity contribution in [2.24, 2.45) is 0 Å². The van der Waals surface area contributed by atoms with Crippen molar-refractivity contribution < 1.29 is 23.1 Å². The molecule has 2 aromatic carbocycles. The standard InChI is InChI=1S/C22H15ClF2N4O3/c1-11-8-16(28-22(31)29-21(30)18-14(24)4-3-5-15(18)25)12(2)19(23)20(11)32-17-7-6-13(9-26)10-27-17/h3-8,10H,1-2H3,(H2,28,29,30,31). The van der Waals surface area contributed by atoms with Crippen LogP contribution in [0.15, 0.2) is 42.6 Å². The quantitative estimate of drug-likeness (QED) is 0.557. The molecule has 0 bridgehead atoms. The third-order valence-corrected chi connectivity index (χ3v) is 4.84. The molecule has 3 amide bonds. The Labute approximate surface area is 186 Å². The largest absolute Gasteiger partial charge is 0.437 e. The van der Waals surface area contributed by atoms with Gasteiger partial charge in [0.25, 0.3) is 5.91 Å². The second kappa shape index (κ2) is 9.41. The highest BCUT2D eigenvalue weighted by Crippen LogP contribution is 2.38. The fourth-order valence-corrected chi connectivity index (χ4v) is 3.04. The normalized spacial score (nSPS) is 10.2. The number of nitrogens with zero attached hydrogens (tertiary/aromatic N) is 2. The molecule has 0 aliphatic heterocycles. The summed E-state index contributed by atoms with van der Waals surface area (Å²) in [4.78, 5) is 28.3. The van der Waals surface area contributed by atoms with Gasteiger partial charge in [-0.3, -0.25) is 10.1 Å². The van der Waals surface area contributed by atoms with Gasteiger partial charge in [-0.25, -0.2) is 18.6 Å². The van der Waals surface area contributed by atoms with Crippen LogP contribution >= 0.6 is 11.6 Å². The van der Waals surface area contributed by atoms with Crippen LogP contribution in [0, 0.1) is 36.8 Å². The van der Waals surface area contributed by atoms with Crippen molar-refractivity contribution in [2.75, 3.05) is 5.32 Å². The fraction of sp³-hybridized carbons (Fsp3) is 0.0909. The van der Waals surface area contributed by atoms with E-state index in [2.05, 4.69) is 10.3 Å². The van der Waals surface area contributed by atoms with Crippen LogP contribution in [0.3, 0.4) is 0 Å². The van der Waals surface area contributed by atoms with Crippen molar-refractivity contribution in [3.05, 3.63) is 81.5 Å². The van der Waals surface area contributed by atoms with E-state index in [0.717, 1.165) is 18.2 Å². The predicted molar refractivity (Wildman–Crippen MR) is 113 cm³/mol. The van der Waals surface area contributed by atoms with Gasteiger partial charge in [-0.15, -0.1) is 0 Å². The van der Waals surface area contributed by atoms with Gasteiger partial charge in [0.2, 0.25) is 5.88 Å². The van der Waals surface area contributed by atoms with Gasteiger partial charge in [0.05, 0.1) is 10.6 Å². The number of pyridine rings is 1. The molecule has 0 spiro atoms. The first kappa shape index (κ1) is 22.7. The van der Waals surface area contributed by atoms with Gasteiger partial charge in [0, 0.05) is 18.0 Å². The number of anilines is 1. The number of hydrogen-bond acceptors (Lipinski definition) is 5. The van der Waals surface area contributed by atoms with Gasteiger partial charge in [-0.2, -0.15) is 5.26 Å². The van der Waals surface area contributed by atoms with Crippen LogP contribution in [-0.2, 0) is 0 Å². The summed E-state index contributed by atoms with van der Waals surface area (Å²) in [7, 11) is 0. The topological polar surface area (TPSA) is 104 Å². The molecule has 1 heterocycles. The van der Waals surface area contributed by atoms with Crippen LogP contribution < -0.4 is 15.4 Å². The molecule has 3 rings (SSSR count). The number of halogens is 3. The summed E-state index contributed by atoms with van der Waals surface area (Å²) in [5.74, 6) is -2.92. The highest BCUT2D eigenvalue weighted by Gasteiger charge is 2.21.